The van der Waals surface area contributed by atoms with Crippen LogP contribution in [0.5, 0.6) is 0 Å². The highest BCUT2D eigenvalue weighted by Gasteiger charge is 2.21. The minimum atomic E-state index is -0.323. The number of hydrogen-bond acceptors (Lipinski definition) is 2. The number of aromatic nitrogens is 1. The number of furan rings is 2. The van der Waals surface area contributed by atoms with Crippen LogP contribution < -0.4 is 0 Å². The zero-order chi connectivity index (χ0) is 47.0. The minimum Gasteiger partial charge on any atom is -0.454 e. The van der Waals surface area contributed by atoms with Crippen molar-refractivity contribution < 1.29 is 13.2 Å². The van der Waals surface area contributed by atoms with Crippen LogP contribution in [0.1, 0.15) is 18.6 Å². The average molecular weight is 1030 g/mol. The van der Waals surface area contributed by atoms with Gasteiger partial charge in [-0.3, -0.25) is 0 Å². The molecule has 0 saturated carbocycles. The number of nitrogens with zero attached hydrogens (tertiary/aromatic N) is 1. The molecule has 13 aromatic rings. The molecule has 0 bridgehead atoms. The Morgan fingerprint density at radius 2 is 0.914 bits per heavy atom. The molecule has 0 spiro atoms. The molecule has 0 N–H and O–H groups in total. The molecule has 0 saturated heterocycles. The monoisotopic (exact) mass is 1030 g/mol. The highest BCUT2D eigenvalue weighted by Crippen LogP contribution is 2.43. The molecule has 3 heterocycles. The summed E-state index contributed by atoms with van der Waals surface area (Å²) < 4.78 is 30.8. The van der Waals surface area contributed by atoms with Gasteiger partial charge in [0, 0.05) is 56.7 Å². The fourth-order valence-electron chi connectivity index (χ4n) is 9.80. The van der Waals surface area contributed by atoms with Gasteiger partial charge in [-0.2, -0.15) is 0 Å². The Morgan fingerprint density at radius 3 is 1.60 bits per heavy atom. The molecular weight excluding hydrogens is 991 g/mol. The Bertz CT molecular complexity index is 4010. The standard InChI is InChI=1S/C30H18BrNO.C18H11FO.C13H9Br.CH4.B2/c31-20-14-16-26-24(18-20)22-10-4-6-12-25(22)32(26)27-17-15-21(19-8-2-1-3-9-19)29-23-11-5-7-13-28(23)33-30(27)29;19-15-11-10-13(12-6-2-1-3-7-12)17-14-8-4-5-9-16(14)20-18(15)17;14-11-6-5-10-7-9-3-1-2-4-12(9)13(10)8-11;;1-2/h1-18H;1-11H;1-6,8H,7H2;1H4;. The topological polar surface area (TPSA) is 31.2 Å². The lowest BCUT2D eigenvalue weighted by Gasteiger charge is -2.11. The first-order valence-corrected chi connectivity index (χ1v) is 24.1. The highest BCUT2D eigenvalue weighted by molar-refractivity contribution is 9.10. The number of para-hydroxylation sites is 3. The fraction of sp³-hybridized carbons (Fsp3) is 0.0323. The lowest BCUT2D eigenvalue weighted by atomic mass is 9.81. The summed E-state index contributed by atoms with van der Waals surface area (Å²) in [5.74, 6) is -0.323. The van der Waals surface area contributed by atoms with Crippen LogP contribution in [0.4, 0.5) is 4.39 Å². The third-order valence-corrected chi connectivity index (χ3v) is 13.8. The molecule has 10 aromatic carbocycles. The van der Waals surface area contributed by atoms with Crippen LogP contribution in [0, 0.1) is 5.82 Å². The van der Waals surface area contributed by atoms with Crippen molar-refractivity contribution >= 4 is 113 Å². The van der Waals surface area contributed by atoms with Crippen molar-refractivity contribution in [3.63, 3.8) is 0 Å². The summed E-state index contributed by atoms with van der Waals surface area (Å²) in [6.45, 7) is 0. The van der Waals surface area contributed by atoms with Gasteiger partial charge in [0.25, 0.3) is 0 Å². The number of fused-ring (bicyclic) bond motifs is 12. The van der Waals surface area contributed by atoms with Crippen LogP contribution in [0.15, 0.2) is 236 Å². The number of benzene rings is 10. The van der Waals surface area contributed by atoms with Gasteiger partial charge in [-0.25, -0.2) is 4.39 Å². The van der Waals surface area contributed by atoms with E-state index in [0.29, 0.717) is 11.2 Å². The summed E-state index contributed by atoms with van der Waals surface area (Å²) in [4.78, 5) is 0. The van der Waals surface area contributed by atoms with Crippen LogP contribution >= 0.6 is 31.9 Å². The molecule has 4 radical (unpaired) electrons. The first kappa shape index (κ1) is 46.4. The van der Waals surface area contributed by atoms with Crippen molar-refractivity contribution in [2.75, 3.05) is 0 Å². The Balaban J connectivity index is 0.000000130. The van der Waals surface area contributed by atoms with E-state index in [1.165, 1.54) is 55.7 Å². The van der Waals surface area contributed by atoms with E-state index in [0.717, 1.165) is 70.4 Å². The normalized spacial score (nSPS) is 11.3. The van der Waals surface area contributed by atoms with Crippen LogP contribution in [0.2, 0.25) is 0 Å². The second-order valence-electron chi connectivity index (χ2n) is 16.7. The van der Waals surface area contributed by atoms with Gasteiger partial charge in [0.05, 0.1) is 16.7 Å². The van der Waals surface area contributed by atoms with Gasteiger partial charge in [-0.15, -0.1) is 0 Å². The molecule has 334 valence electrons. The van der Waals surface area contributed by atoms with E-state index < -0.39 is 0 Å². The van der Waals surface area contributed by atoms with Crippen LogP contribution in [-0.4, -0.2) is 20.0 Å². The van der Waals surface area contributed by atoms with Crippen molar-refractivity contribution in [2.45, 2.75) is 13.8 Å². The van der Waals surface area contributed by atoms with E-state index in [2.05, 4.69) is 197 Å². The summed E-state index contributed by atoms with van der Waals surface area (Å²) in [7, 11) is 8.00. The molecule has 1 aliphatic carbocycles. The molecule has 3 aromatic heterocycles. The van der Waals surface area contributed by atoms with Crippen molar-refractivity contribution in [3.05, 3.63) is 244 Å². The maximum absolute atomic E-state index is 14.0. The van der Waals surface area contributed by atoms with Gasteiger partial charge in [-0.1, -0.05) is 197 Å². The highest BCUT2D eigenvalue weighted by atomic mass is 79.9. The smallest absolute Gasteiger partial charge is 0.171 e. The van der Waals surface area contributed by atoms with Gasteiger partial charge in [-0.05, 0) is 112 Å². The average Bonchev–Trinajstić information content (AvgIpc) is 4.18. The van der Waals surface area contributed by atoms with Crippen molar-refractivity contribution in [1.29, 1.82) is 0 Å². The number of halogens is 3. The van der Waals surface area contributed by atoms with Crippen LogP contribution in [0.3, 0.4) is 0 Å². The van der Waals surface area contributed by atoms with Gasteiger partial charge in [0.1, 0.15) is 11.2 Å². The maximum atomic E-state index is 14.0. The molecule has 0 unspecified atom stereocenters. The van der Waals surface area contributed by atoms with Gasteiger partial charge in [0.15, 0.2) is 17.0 Å². The van der Waals surface area contributed by atoms with E-state index in [4.69, 9.17) is 8.83 Å². The van der Waals surface area contributed by atoms with E-state index >= 15 is 0 Å². The Morgan fingerprint density at radius 1 is 0.414 bits per heavy atom. The second-order valence-corrected chi connectivity index (χ2v) is 18.5. The molecular formula is C62H42B2Br2FNO2. The summed E-state index contributed by atoms with van der Waals surface area (Å²) in [5.41, 5.74) is 16.3. The zero-order valence-electron chi connectivity index (χ0n) is 37.0. The first-order valence-electron chi connectivity index (χ1n) is 22.5. The molecule has 14 rings (SSSR count). The molecule has 0 aliphatic heterocycles. The van der Waals surface area contributed by atoms with E-state index in [1.54, 1.807) is 0 Å². The fourth-order valence-corrected chi connectivity index (χ4v) is 10.5. The lowest BCUT2D eigenvalue weighted by molar-refractivity contribution is 0.584. The third-order valence-electron chi connectivity index (χ3n) is 12.8. The molecule has 0 atom stereocenters. The van der Waals surface area contributed by atoms with Gasteiger partial charge in [0.2, 0.25) is 0 Å². The lowest BCUT2D eigenvalue weighted by Crippen LogP contribution is -1.95. The first-order chi connectivity index (χ1) is 34.0. The SMILES string of the molecule is Brc1ccc2c(c1)-c1ccccc1C2.Brc1ccc2c(c1)c1ccccc1n2-c1ccc(-c2ccccc2)c2c1oc1ccccc12.C.Fc1ccc(-c2ccccc2)c2c1oc1ccccc12.[B][B]. The quantitative estimate of drug-likeness (QED) is 0.165. The summed E-state index contributed by atoms with van der Waals surface area (Å²) in [6.07, 6.45) is 1.08. The Labute approximate surface area is 425 Å². The van der Waals surface area contributed by atoms with Crippen molar-refractivity contribution in [3.8, 4) is 39.1 Å². The molecule has 0 fully saturated rings. The largest absolute Gasteiger partial charge is 0.454 e. The third kappa shape index (κ3) is 8.35. The second kappa shape index (κ2) is 19.9. The number of rotatable bonds is 3. The van der Waals surface area contributed by atoms with Crippen LogP contribution in [-0.2, 0) is 6.42 Å². The summed E-state index contributed by atoms with van der Waals surface area (Å²) in [6, 6.07) is 74.4. The molecule has 70 heavy (non-hydrogen) atoms. The minimum absolute atomic E-state index is 0. The number of hydrogen-bond donors (Lipinski definition) is 0. The Kier molecular flexibility index (Phi) is 13.2. The molecule has 3 nitrogen and oxygen atoms in total. The van der Waals surface area contributed by atoms with Gasteiger partial charge >= 0.3 is 0 Å². The summed E-state index contributed by atoms with van der Waals surface area (Å²) in [5, 5.41) is 6.52. The summed E-state index contributed by atoms with van der Waals surface area (Å²) >= 11 is 7.17. The van der Waals surface area contributed by atoms with Gasteiger partial charge < -0.3 is 13.4 Å². The Hall–Kier alpha value is -7.38. The predicted molar refractivity (Wildman–Crippen MR) is 301 cm³/mol. The maximum Gasteiger partial charge on any atom is 0.171 e. The zero-order valence-corrected chi connectivity index (χ0v) is 40.2. The molecule has 1 aliphatic rings. The molecule has 8 heteroatoms. The van der Waals surface area contributed by atoms with Crippen molar-refractivity contribution in [2.24, 2.45) is 0 Å². The van der Waals surface area contributed by atoms with Crippen molar-refractivity contribution in [1.82, 2.24) is 4.57 Å². The van der Waals surface area contributed by atoms with E-state index in [-0.39, 0.29) is 13.2 Å². The van der Waals surface area contributed by atoms with E-state index in [9.17, 15) is 4.39 Å². The van der Waals surface area contributed by atoms with Crippen LogP contribution in [0.25, 0.3) is 105 Å². The molecule has 0 amide bonds. The predicted octanol–water partition coefficient (Wildman–Crippen LogP) is 18.4. The van der Waals surface area contributed by atoms with E-state index in [1.807, 2.05) is 66.7 Å².